The van der Waals surface area contributed by atoms with Crippen molar-refractivity contribution in [1.29, 1.82) is 0 Å². The first kappa shape index (κ1) is 21.9. The number of nitrogens with zero attached hydrogens (tertiary/aromatic N) is 1. The monoisotopic (exact) mass is 456 g/mol. The Kier molecular flexibility index (Phi) is 5.92. The van der Waals surface area contributed by atoms with E-state index in [1.165, 1.54) is 60.0 Å². The van der Waals surface area contributed by atoms with Crippen LogP contribution in [0.1, 0.15) is 26.3 Å². The Balaban J connectivity index is 1.65. The van der Waals surface area contributed by atoms with Crippen LogP contribution in [-0.4, -0.2) is 63.8 Å². The second-order valence-electron chi connectivity index (χ2n) is 7.17. The largest absolute Gasteiger partial charge is 0.465 e. The maximum Gasteiger partial charge on any atom is 0.337 e. The van der Waals surface area contributed by atoms with Crippen molar-refractivity contribution < 1.29 is 32.3 Å². The van der Waals surface area contributed by atoms with Crippen molar-refractivity contribution in [3.63, 3.8) is 0 Å². The maximum absolute atomic E-state index is 13.0. The molecule has 0 spiro atoms. The second-order valence-corrected chi connectivity index (χ2v) is 9.11. The number of benzene rings is 2. The van der Waals surface area contributed by atoms with Crippen molar-refractivity contribution in [3.8, 4) is 0 Å². The third kappa shape index (κ3) is 4.07. The lowest BCUT2D eigenvalue weighted by Crippen LogP contribution is -2.40. The van der Waals surface area contributed by atoms with Crippen LogP contribution < -0.4 is 5.32 Å². The molecule has 0 radical (unpaired) electrons. The lowest BCUT2D eigenvalue weighted by molar-refractivity contribution is -0.110. The summed E-state index contributed by atoms with van der Waals surface area (Å²) in [5.74, 6) is -1.48. The summed E-state index contributed by atoms with van der Waals surface area (Å²) < 4.78 is 37.1. The van der Waals surface area contributed by atoms with Gasteiger partial charge >= 0.3 is 5.97 Å². The number of carbonyl (C=O) groups is 3. The van der Waals surface area contributed by atoms with E-state index in [9.17, 15) is 22.8 Å². The average Bonchev–Trinajstić information content (AvgIpc) is 3.13. The van der Waals surface area contributed by atoms with Crippen molar-refractivity contribution in [2.75, 3.05) is 38.7 Å². The highest BCUT2D eigenvalue weighted by atomic mass is 32.2. The molecular weight excluding hydrogens is 436 g/mol. The molecule has 9 nitrogen and oxygen atoms in total. The minimum absolute atomic E-state index is 0.0374. The molecule has 0 aromatic heterocycles. The van der Waals surface area contributed by atoms with E-state index in [1.807, 2.05) is 0 Å². The normalized spacial score (nSPS) is 17.7. The molecule has 0 aliphatic carbocycles. The number of carbonyl (C=O) groups excluding carboxylic acids is 3. The SMILES string of the molecule is COC(=O)c1ccc(C(=O)/C=C2\C(=O)Nc3ccc(S(=O)(=O)N4CCOCC4)cc32)cc1. The number of esters is 1. The molecule has 1 N–H and O–H groups in total. The van der Waals surface area contributed by atoms with Gasteiger partial charge in [0.05, 0.1) is 36.4 Å². The van der Waals surface area contributed by atoms with Gasteiger partial charge in [-0.05, 0) is 36.4 Å². The molecule has 2 aliphatic rings. The molecule has 0 saturated carbocycles. The highest BCUT2D eigenvalue weighted by Gasteiger charge is 2.31. The zero-order chi connectivity index (χ0) is 22.9. The topological polar surface area (TPSA) is 119 Å². The van der Waals surface area contributed by atoms with E-state index in [4.69, 9.17) is 4.74 Å². The highest BCUT2D eigenvalue weighted by Crippen LogP contribution is 2.34. The van der Waals surface area contributed by atoms with Crippen molar-refractivity contribution >= 4 is 38.9 Å². The molecule has 1 fully saturated rings. The maximum atomic E-state index is 13.0. The number of anilines is 1. The smallest absolute Gasteiger partial charge is 0.337 e. The van der Waals surface area contributed by atoms with Crippen LogP contribution in [0.15, 0.2) is 53.4 Å². The van der Waals surface area contributed by atoms with Crippen molar-refractivity contribution in [2.45, 2.75) is 4.90 Å². The van der Waals surface area contributed by atoms with Crippen molar-refractivity contribution in [1.82, 2.24) is 4.31 Å². The number of hydrogen-bond donors (Lipinski definition) is 1. The lowest BCUT2D eigenvalue weighted by Gasteiger charge is -2.26. The Bertz CT molecular complexity index is 1230. The molecular formula is C22H20N2O7S. The number of ether oxygens (including phenoxy) is 2. The molecule has 2 aromatic carbocycles. The van der Waals surface area contributed by atoms with Crippen LogP contribution in [0.25, 0.3) is 5.57 Å². The van der Waals surface area contributed by atoms with Gasteiger partial charge in [-0.1, -0.05) is 12.1 Å². The first-order chi connectivity index (χ1) is 15.3. The third-order valence-corrected chi connectivity index (χ3v) is 7.14. The number of rotatable bonds is 5. The molecule has 166 valence electrons. The predicted molar refractivity (Wildman–Crippen MR) is 115 cm³/mol. The van der Waals surface area contributed by atoms with Crippen molar-refractivity contribution in [3.05, 3.63) is 65.2 Å². The van der Waals surface area contributed by atoms with Crippen LogP contribution in [0.3, 0.4) is 0 Å². The second kappa shape index (κ2) is 8.65. The van der Waals surface area contributed by atoms with E-state index in [0.717, 1.165) is 0 Å². The van der Waals surface area contributed by atoms with Gasteiger partial charge in [-0.15, -0.1) is 0 Å². The molecule has 2 heterocycles. The molecule has 1 saturated heterocycles. The van der Waals surface area contributed by atoms with Crippen LogP contribution in [0, 0.1) is 0 Å². The standard InChI is InChI=1S/C22H20N2O7S/c1-30-22(27)15-4-2-14(3-5-15)20(25)13-18-17-12-16(6-7-19(17)23-21(18)26)32(28,29)24-8-10-31-11-9-24/h2-7,12-13H,8-11H2,1H3,(H,23,26)/b18-13-. The van der Waals surface area contributed by atoms with Gasteiger partial charge in [0.25, 0.3) is 5.91 Å². The summed E-state index contributed by atoms with van der Waals surface area (Å²) in [7, 11) is -2.50. The van der Waals surface area contributed by atoms with Gasteiger partial charge in [-0.25, -0.2) is 13.2 Å². The van der Waals surface area contributed by atoms with Gasteiger partial charge in [0.15, 0.2) is 5.78 Å². The Morgan fingerprint density at radius 3 is 2.38 bits per heavy atom. The van der Waals surface area contributed by atoms with Crippen LogP contribution in [0.4, 0.5) is 5.69 Å². The Hall–Kier alpha value is -3.34. The Morgan fingerprint density at radius 1 is 1.06 bits per heavy atom. The van der Waals surface area contributed by atoms with Crippen LogP contribution in [0.5, 0.6) is 0 Å². The van der Waals surface area contributed by atoms with E-state index in [0.29, 0.717) is 30.0 Å². The number of fused-ring (bicyclic) bond motifs is 1. The summed E-state index contributed by atoms with van der Waals surface area (Å²) in [6.45, 7) is 1.13. The van der Waals surface area contributed by atoms with Crippen LogP contribution >= 0.6 is 0 Å². The Labute approximate surface area is 184 Å². The van der Waals surface area contributed by atoms with Crippen LogP contribution in [-0.2, 0) is 24.3 Å². The van der Waals surface area contributed by atoms with Gasteiger partial charge < -0.3 is 14.8 Å². The number of morpholine rings is 1. The van der Waals surface area contributed by atoms with E-state index < -0.39 is 27.7 Å². The van der Waals surface area contributed by atoms with Crippen LogP contribution in [0.2, 0.25) is 0 Å². The third-order valence-electron chi connectivity index (χ3n) is 5.25. The summed E-state index contributed by atoms with van der Waals surface area (Å²) in [5.41, 5.74) is 1.39. The fourth-order valence-electron chi connectivity index (χ4n) is 3.51. The quantitative estimate of drug-likeness (QED) is 0.413. The van der Waals surface area contributed by atoms with Gasteiger partial charge in [-0.3, -0.25) is 9.59 Å². The van der Waals surface area contributed by atoms with Gasteiger partial charge in [0.1, 0.15) is 0 Å². The molecule has 32 heavy (non-hydrogen) atoms. The summed E-state index contributed by atoms with van der Waals surface area (Å²) in [6, 6.07) is 10.2. The fraction of sp³-hybridized carbons (Fsp3) is 0.227. The lowest BCUT2D eigenvalue weighted by atomic mass is 10.0. The highest BCUT2D eigenvalue weighted by molar-refractivity contribution is 7.89. The number of ketones is 1. The van der Waals surface area contributed by atoms with Crippen molar-refractivity contribution in [2.24, 2.45) is 0 Å². The van der Waals surface area contributed by atoms with E-state index >= 15 is 0 Å². The fourth-order valence-corrected chi connectivity index (χ4v) is 4.94. The average molecular weight is 456 g/mol. The zero-order valence-corrected chi connectivity index (χ0v) is 18.0. The molecule has 0 bridgehead atoms. The minimum Gasteiger partial charge on any atom is -0.465 e. The van der Waals surface area contributed by atoms with Gasteiger partial charge in [-0.2, -0.15) is 4.31 Å². The predicted octanol–water partition coefficient (Wildman–Crippen LogP) is 1.71. The number of allylic oxidation sites excluding steroid dienone is 1. The number of amides is 1. The summed E-state index contributed by atoms with van der Waals surface area (Å²) in [6.07, 6.45) is 1.17. The molecule has 1 amide bonds. The molecule has 0 unspecified atom stereocenters. The van der Waals surface area contributed by atoms with E-state index in [1.54, 1.807) is 0 Å². The molecule has 4 rings (SSSR count). The summed E-state index contributed by atoms with van der Waals surface area (Å²) in [4.78, 5) is 36.8. The zero-order valence-electron chi connectivity index (χ0n) is 17.2. The molecule has 0 atom stereocenters. The number of methoxy groups -OCH3 is 1. The molecule has 2 aliphatic heterocycles. The first-order valence-electron chi connectivity index (χ1n) is 9.79. The van der Waals surface area contributed by atoms with E-state index in [-0.39, 0.29) is 29.1 Å². The number of nitrogens with one attached hydrogen (secondary N) is 1. The summed E-state index contributed by atoms with van der Waals surface area (Å²) in [5, 5.41) is 2.65. The summed E-state index contributed by atoms with van der Waals surface area (Å²) >= 11 is 0. The van der Waals surface area contributed by atoms with Gasteiger partial charge in [0, 0.05) is 29.9 Å². The number of hydrogen-bond acceptors (Lipinski definition) is 7. The molecule has 10 heteroatoms. The first-order valence-corrected chi connectivity index (χ1v) is 11.2. The number of sulfonamides is 1. The minimum atomic E-state index is -3.76. The Morgan fingerprint density at radius 2 is 1.72 bits per heavy atom. The van der Waals surface area contributed by atoms with Gasteiger partial charge in [0.2, 0.25) is 10.0 Å². The van der Waals surface area contributed by atoms with E-state index in [2.05, 4.69) is 10.1 Å². The molecule has 2 aromatic rings.